The fourth-order valence-corrected chi connectivity index (χ4v) is 3.97. The second-order valence-corrected chi connectivity index (χ2v) is 5.89. The van der Waals surface area contributed by atoms with E-state index in [0.717, 1.165) is 24.3 Å². The van der Waals surface area contributed by atoms with Crippen LogP contribution in [0.25, 0.3) is 0 Å². The second kappa shape index (κ2) is 3.84. The van der Waals surface area contributed by atoms with E-state index >= 15 is 0 Å². The van der Waals surface area contributed by atoms with E-state index in [1.54, 1.807) is 0 Å². The molecule has 0 radical (unpaired) electrons. The summed E-state index contributed by atoms with van der Waals surface area (Å²) in [6.45, 7) is 0.733. The normalized spacial score (nSPS) is 32.3. The van der Waals surface area contributed by atoms with Crippen LogP contribution in [0.5, 0.6) is 5.75 Å². The Morgan fingerprint density at radius 1 is 1.17 bits per heavy atom. The summed E-state index contributed by atoms with van der Waals surface area (Å²) in [5.41, 5.74) is 2.06. The van der Waals surface area contributed by atoms with Gasteiger partial charge in [0, 0.05) is 12.3 Å². The van der Waals surface area contributed by atoms with Gasteiger partial charge in [-0.3, -0.25) is 4.79 Å². The number of carbonyl (C=O) groups excluding carboxylic acids is 1. The quantitative estimate of drug-likeness (QED) is 0.744. The molecule has 4 rings (SSSR count). The predicted molar refractivity (Wildman–Crippen MR) is 68.9 cm³/mol. The van der Waals surface area contributed by atoms with Crippen molar-refractivity contribution in [3.05, 3.63) is 29.3 Å². The molecule has 2 atom stereocenters. The Balaban J connectivity index is 1.64. The van der Waals surface area contributed by atoms with E-state index < -0.39 is 0 Å². The van der Waals surface area contributed by atoms with Crippen molar-refractivity contribution in [2.24, 2.45) is 17.8 Å². The van der Waals surface area contributed by atoms with Crippen LogP contribution in [0.3, 0.4) is 0 Å². The first-order chi connectivity index (χ1) is 8.86. The van der Waals surface area contributed by atoms with Gasteiger partial charge in [0.15, 0.2) is 5.78 Å². The number of para-hydroxylation sites is 1. The molecule has 0 amide bonds. The van der Waals surface area contributed by atoms with Crippen LogP contribution in [0.2, 0.25) is 0 Å². The zero-order valence-electron chi connectivity index (χ0n) is 10.5. The van der Waals surface area contributed by atoms with Crippen LogP contribution in [-0.4, -0.2) is 12.4 Å². The van der Waals surface area contributed by atoms with Gasteiger partial charge in [0.2, 0.25) is 0 Å². The number of benzene rings is 1. The van der Waals surface area contributed by atoms with Crippen LogP contribution in [-0.2, 0) is 6.42 Å². The van der Waals surface area contributed by atoms with E-state index in [9.17, 15) is 4.79 Å². The van der Waals surface area contributed by atoms with Gasteiger partial charge in [-0.15, -0.1) is 0 Å². The Hall–Kier alpha value is -1.31. The van der Waals surface area contributed by atoms with Crippen molar-refractivity contribution in [3.63, 3.8) is 0 Å². The maximum atomic E-state index is 12.7. The molecule has 18 heavy (non-hydrogen) atoms. The Kier molecular flexibility index (Phi) is 2.26. The van der Waals surface area contributed by atoms with Crippen molar-refractivity contribution in [1.82, 2.24) is 0 Å². The number of hydrogen-bond acceptors (Lipinski definition) is 2. The fraction of sp³-hybridized carbons (Fsp3) is 0.562. The molecule has 3 aliphatic rings. The summed E-state index contributed by atoms with van der Waals surface area (Å²) >= 11 is 0. The van der Waals surface area contributed by atoms with E-state index in [2.05, 4.69) is 6.07 Å². The fourth-order valence-electron chi connectivity index (χ4n) is 3.97. The molecule has 0 N–H and O–H groups in total. The summed E-state index contributed by atoms with van der Waals surface area (Å²) in [7, 11) is 0. The molecular formula is C16H18O2. The van der Waals surface area contributed by atoms with Crippen molar-refractivity contribution < 1.29 is 9.53 Å². The van der Waals surface area contributed by atoms with Gasteiger partial charge in [-0.1, -0.05) is 25.0 Å². The van der Waals surface area contributed by atoms with E-state index in [-0.39, 0.29) is 0 Å². The van der Waals surface area contributed by atoms with Gasteiger partial charge in [-0.2, -0.15) is 0 Å². The second-order valence-electron chi connectivity index (χ2n) is 5.89. The summed E-state index contributed by atoms with van der Waals surface area (Å²) in [5.74, 6) is 2.91. The first-order valence-corrected chi connectivity index (χ1v) is 7.15. The van der Waals surface area contributed by atoms with E-state index in [1.165, 1.54) is 31.2 Å². The molecule has 2 nitrogen and oxygen atoms in total. The zero-order valence-corrected chi connectivity index (χ0v) is 10.5. The minimum absolute atomic E-state index is 0.309. The monoisotopic (exact) mass is 242 g/mol. The van der Waals surface area contributed by atoms with Crippen LogP contribution in [0, 0.1) is 17.8 Å². The SMILES string of the molecule is O=C(c1cccc2c1OCC2)C1C2CCCCC21. The predicted octanol–water partition coefficient (Wildman–Crippen LogP) is 3.24. The lowest BCUT2D eigenvalue weighted by molar-refractivity contribution is 0.0953. The zero-order chi connectivity index (χ0) is 12.1. The molecule has 0 saturated heterocycles. The van der Waals surface area contributed by atoms with Crippen LogP contribution >= 0.6 is 0 Å². The third kappa shape index (κ3) is 1.44. The lowest BCUT2D eigenvalue weighted by atomic mass is 10.0. The number of Topliss-reactive ketones (excluding diaryl/α,β-unsaturated/α-hetero) is 1. The Morgan fingerprint density at radius 3 is 2.72 bits per heavy atom. The van der Waals surface area contributed by atoms with Crippen molar-refractivity contribution in [2.75, 3.05) is 6.61 Å². The van der Waals surface area contributed by atoms with Crippen LogP contribution in [0.15, 0.2) is 18.2 Å². The van der Waals surface area contributed by atoms with Gasteiger partial charge in [0.1, 0.15) is 5.75 Å². The first-order valence-electron chi connectivity index (χ1n) is 7.15. The molecule has 1 aromatic rings. The van der Waals surface area contributed by atoms with Crippen LogP contribution in [0.4, 0.5) is 0 Å². The van der Waals surface area contributed by atoms with E-state index in [4.69, 9.17) is 4.74 Å². The van der Waals surface area contributed by atoms with Crippen molar-refractivity contribution in [1.29, 1.82) is 0 Å². The van der Waals surface area contributed by atoms with Crippen molar-refractivity contribution >= 4 is 5.78 Å². The largest absolute Gasteiger partial charge is 0.492 e. The van der Waals surface area contributed by atoms with Crippen molar-refractivity contribution in [2.45, 2.75) is 32.1 Å². The number of fused-ring (bicyclic) bond motifs is 2. The van der Waals surface area contributed by atoms with Crippen LogP contribution in [0.1, 0.15) is 41.6 Å². The number of rotatable bonds is 2. The standard InChI is InChI=1S/C16H18O2/c17-15(14-11-5-1-2-6-12(11)14)13-7-3-4-10-8-9-18-16(10)13/h3-4,7,11-12,14H,1-2,5-6,8-9H2. The average molecular weight is 242 g/mol. The molecule has 1 aliphatic heterocycles. The average Bonchev–Trinajstić information content (AvgIpc) is 2.93. The minimum atomic E-state index is 0.309. The molecule has 2 aliphatic carbocycles. The molecule has 1 heterocycles. The van der Waals surface area contributed by atoms with Crippen LogP contribution < -0.4 is 4.74 Å². The first kappa shape index (κ1) is 10.6. The third-order valence-corrected chi connectivity index (χ3v) is 4.94. The Bertz CT molecular complexity index is 494. The molecule has 0 aromatic heterocycles. The molecule has 2 unspecified atom stereocenters. The molecule has 1 aromatic carbocycles. The highest BCUT2D eigenvalue weighted by molar-refractivity contribution is 6.02. The highest BCUT2D eigenvalue weighted by atomic mass is 16.5. The van der Waals surface area contributed by atoms with E-state index in [1.807, 2.05) is 12.1 Å². The van der Waals surface area contributed by atoms with Gasteiger partial charge < -0.3 is 4.74 Å². The molecule has 2 saturated carbocycles. The number of carbonyl (C=O) groups is 1. The van der Waals surface area contributed by atoms with Gasteiger partial charge in [0.05, 0.1) is 12.2 Å². The molecular weight excluding hydrogens is 224 g/mol. The van der Waals surface area contributed by atoms with Gasteiger partial charge in [-0.05, 0) is 36.3 Å². The molecule has 0 spiro atoms. The topological polar surface area (TPSA) is 26.3 Å². The van der Waals surface area contributed by atoms with Gasteiger partial charge in [0.25, 0.3) is 0 Å². The lowest BCUT2D eigenvalue weighted by Gasteiger charge is -2.06. The summed E-state index contributed by atoms with van der Waals surface area (Å²) in [6, 6.07) is 6.04. The third-order valence-electron chi connectivity index (χ3n) is 4.94. The Morgan fingerprint density at radius 2 is 1.94 bits per heavy atom. The summed E-state index contributed by atoms with van der Waals surface area (Å²) in [4.78, 5) is 12.7. The highest BCUT2D eigenvalue weighted by Gasteiger charge is 2.55. The summed E-state index contributed by atoms with van der Waals surface area (Å²) in [5, 5.41) is 0. The summed E-state index contributed by atoms with van der Waals surface area (Å²) in [6.07, 6.45) is 6.10. The maximum absolute atomic E-state index is 12.7. The lowest BCUT2D eigenvalue weighted by Crippen LogP contribution is -2.06. The number of ketones is 1. The smallest absolute Gasteiger partial charge is 0.170 e. The molecule has 2 heteroatoms. The van der Waals surface area contributed by atoms with Gasteiger partial charge in [-0.25, -0.2) is 0 Å². The maximum Gasteiger partial charge on any atom is 0.170 e. The summed E-state index contributed by atoms with van der Waals surface area (Å²) < 4.78 is 5.66. The minimum Gasteiger partial charge on any atom is -0.492 e. The molecule has 2 fully saturated rings. The molecule has 94 valence electrons. The number of ether oxygens (including phenoxy) is 1. The number of hydrogen-bond donors (Lipinski definition) is 0. The Labute approximate surface area is 107 Å². The van der Waals surface area contributed by atoms with Crippen molar-refractivity contribution in [3.8, 4) is 5.75 Å². The molecule has 0 bridgehead atoms. The van der Waals surface area contributed by atoms with E-state index in [0.29, 0.717) is 23.5 Å². The van der Waals surface area contributed by atoms with Gasteiger partial charge >= 0.3 is 0 Å². The highest BCUT2D eigenvalue weighted by Crippen LogP contribution is 2.57.